The first-order chi connectivity index (χ1) is 18.7. The largest absolute Gasteiger partial charge is 0.504 e. The first-order valence-corrected chi connectivity index (χ1v) is 12.6. The van der Waals surface area contributed by atoms with Crippen LogP contribution in [0.15, 0.2) is 24.3 Å². The number of phenols is 2. The molecule has 0 spiro atoms. The molecule has 1 aliphatic heterocycles. The van der Waals surface area contributed by atoms with Gasteiger partial charge in [-0.05, 0) is 47.6 Å². The normalized spacial score (nSPS) is 30.5. The maximum Gasteiger partial charge on any atom is 0.201 e. The van der Waals surface area contributed by atoms with Crippen LogP contribution in [0.2, 0.25) is 0 Å². The molecule has 7 N–H and O–H groups in total. The average molecular weight is 553 g/mol. The number of aromatic hydroxyl groups is 2. The van der Waals surface area contributed by atoms with Gasteiger partial charge in [0.15, 0.2) is 29.3 Å². The fourth-order valence-corrected chi connectivity index (χ4v) is 5.64. The number of aliphatic hydroxyl groups excluding tert-OH is 5. The van der Waals surface area contributed by atoms with Gasteiger partial charge in [0.05, 0.1) is 34.5 Å². The Kier molecular flexibility index (Phi) is 9.07. The molecular weight excluding hydrogens is 516 g/mol. The van der Waals surface area contributed by atoms with Crippen molar-refractivity contribution in [1.29, 1.82) is 0 Å². The monoisotopic (exact) mass is 552 g/mol. The molecule has 12 nitrogen and oxygen atoms in total. The minimum atomic E-state index is -1.59. The Bertz CT molecular complexity index is 1140. The lowest BCUT2D eigenvalue weighted by molar-refractivity contribution is -0.304. The lowest BCUT2D eigenvalue weighted by atomic mass is 9.66. The van der Waals surface area contributed by atoms with E-state index >= 15 is 0 Å². The van der Waals surface area contributed by atoms with Gasteiger partial charge in [0.1, 0.15) is 24.4 Å². The molecule has 2 aromatic rings. The second kappa shape index (κ2) is 12.1. The summed E-state index contributed by atoms with van der Waals surface area (Å²) < 4.78 is 27.6. The zero-order chi connectivity index (χ0) is 28.4. The van der Waals surface area contributed by atoms with Crippen molar-refractivity contribution < 1.29 is 59.4 Å². The van der Waals surface area contributed by atoms with Crippen molar-refractivity contribution in [2.24, 2.45) is 11.8 Å². The highest BCUT2D eigenvalue weighted by Gasteiger charge is 2.46. The van der Waals surface area contributed by atoms with E-state index in [4.69, 9.17) is 23.7 Å². The molecule has 1 fully saturated rings. The Hall–Kier alpha value is -2.84. The lowest BCUT2D eigenvalue weighted by Gasteiger charge is -2.42. The van der Waals surface area contributed by atoms with Crippen LogP contribution in [0.5, 0.6) is 28.7 Å². The Morgan fingerprint density at radius 3 is 2.21 bits per heavy atom. The third-order valence-electron chi connectivity index (χ3n) is 7.69. The molecule has 0 bridgehead atoms. The van der Waals surface area contributed by atoms with Gasteiger partial charge in [0.25, 0.3) is 0 Å². The van der Waals surface area contributed by atoms with E-state index in [-0.39, 0.29) is 47.9 Å². The van der Waals surface area contributed by atoms with Crippen molar-refractivity contribution in [3.63, 3.8) is 0 Å². The third kappa shape index (κ3) is 5.33. The smallest absolute Gasteiger partial charge is 0.201 e. The highest BCUT2D eigenvalue weighted by atomic mass is 16.7. The number of phenolic OH excluding ortho intramolecular Hbond substituents is 2. The molecule has 0 saturated carbocycles. The van der Waals surface area contributed by atoms with Crippen molar-refractivity contribution in [3.8, 4) is 28.7 Å². The molecule has 4 rings (SSSR count). The van der Waals surface area contributed by atoms with Gasteiger partial charge in [-0.2, -0.15) is 0 Å². The fourth-order valence-electron chi connectivity index (χ4n) is 5.64. The molecular formula is C27H36O12. The van der Waals surface area contributed by atoms with Crippen molar-refractivity contribution in [3.05, 3.63) is 41.0 Å². The number of hydrogen-bond donors (Lipinski definition) is 7. The van der Waals surface area contributed by atoms with Gasteiger partial charge < -0.3 is 59.4 Å². The predicted octanol–water partition coefficient (Wildman–Crippen LogP) is -0.147. The van der Waals surface area contributed by atoms with Crippen molar-refractivity contribution in [1.82, 2.24) is 0 Å². The second-order valence-corrected chi connectivity index (χ2v) is 9.78. The number of hydrogen-bond acceptors (Lipinski definition) is 12. The van der Waals surface area contributed by atoms with Crippen LogP contribution in [-0.4, -0.2) is 108 Å². The van der Waals surface area contributed by atoms with E-state index in [0.29, 0.717) is 17.5 Å². The Balaban J connectivity index is 1.75. The second-order valence-electron chi connectivity index (χ2n) is 9.78. The summed E-state index contributed by atoms with van der Waals surface area (Å²) >= 11 is 0. The van der Waals surface area contributed by atoms with Crippen LogP contribution in [0, 0.1) is 11.8 Å². The molecule has 8 atom stereocenters. The lowest BCUT2D eigenvalue weighted by Crippen LogP contribution is -2.59. The van der Waals surface area contributed by atoms with Crippen molar-refractivity contribution >= 4 is 0 Å². The van der Waals surface area contributed by atoms with Crippen LogP contribution >= 0.6 is 0 Å². The standard InChI is InChI=1S/C27H36O12/c1-35-17-7-12(4-5-16(17)30)20-15(9-28)14(6-13-8-18(36-2)23(32)26(37-3)21(13)20)11-38-27-25(34)24(33)22(31)19(10-29)39-27/h4-5,7-8,14-15,19-20,22,24-25,27-34H,6,9-11H2,1-3H3/t14-,15-,19+,20+,22+,24-,25+,27+/m0/s1. The van der Waals surface area contributed by atoms with E-state index in [0.717, 1.165) is 5.56 Å². The average Bonchev–Trinajstić information content (AvgIpc) is 2.95. The molecule has 39 heavy (non-hydrogen) atoms. The van der Waals surface area contributed by atoms with Gasteiger partial charge in [-0.1, -0.05) is 6.07 Å². The van der Waals surface area contributed by atoms with Crippen LogP contribution in [0.4, 0.5) is 0 Å². The summed E-state index contributed by atoms with van der Waals surface area (Å²) in [6, 6.07) is 6.50. The van der Waals surface area contributed by atoms with Crippen molar-refractivity contribution in [2.75, 3.05) is 41.2 Å². The molecule has 2 aliphatic rings. The van der Waals surface area contributed by atoms with Crippen molar-refractivity contribution in [2.45, 2.75) is 43.0 Å². The summed E-state index contributed by atoms with van der Waals surface area (Å²) in [5, 5.41) is 71.8. The molecule has 12 heteroatoms. The Morgan fingerprint density at radius 1 is 0.872 bits per heavy atom. The zero-order valence-electron chi connectivity index (χ0n) is 21.9. The molecule has 0 unspecified atom stereocenters. The SMILES string of the molecule is COc1cc([C@H]2c3c(cc(OC)c(O)c3OC)C[C@@H](CO[C@@H]3O[C@H](CO)[C@@H](O)[C@H](O)[C@H]3O)[C@@H]2CO)ccc1O. The first kappa shape index (κ1) is 29.2. The first-order valence-electron chi connectivity index (χ1n) is 12.6. The molecule has 0 amide bonds. The van der Waals surface area contributed by atoms with Gasteiger partial charge in [-0.25, -0.2) is 0 Å². The highest BCUT2D eigenvalue weighted by Crippen LogP contribution is 2.53. The van der Waals surface area contributed by atoms with Crippen LogP contribution in [0.25, 0.3) is 0 Å². The van der Waals surface area contributed by atoms with E-state index < -0.39 is 49.1 Å². The third-order valence-corrected chi connectivity index (χ3v) is 7.69. The molecule has 2 aromatic carbocycles. The molecule has 216 valence electrons. The summed E-state index contributed by atoms with van der Waals surface area (Å²) in [7, 11) is 4.26. The summed E-state index contributed by atoms with van der Waals surface area (Å²) in [6.07, 6.45) is -6.77. The number of rotatable bonds is 9. The molecule has 1 saturated heterocycles. The number of fused-ring (bicyclic) bond motifs is 1. The quantitative estimate of drug-likeness (QED) is 0.218. The van der Waals surface area contributed by atoms with E-state index in [2.05, 4.69) is 0 Å². The molecule has 1 heterocycles. The van der Waals surface area contributed by atoms with Gasteiger partial charge in [-0.15, -0.1) is 0 Å². The molecule has 0 aromatic heterocycles. The number of ether oxygens (including phenoxy) is 5. The minimum absolute atomic E-state index is 0.0371. The Labute approximate surface area is 225 Å². The van der Waals surface area contributed by atoms with Gasteiger partial charge in [-0.3, -0.25) is 0 Å². The van der Waals surface area contributed by atoms with Crippen LogP contribution in [0.1, 0.15) is 22.6 Å². The molecule has 1 aliphatic carbocycles. The van der Waals surface area contributed by atoms with E-state index in [1.807, 2.05) is 0 Å². The maximum absolute atomic E-state index is 10.9. The summed E-state index contributed by atoms with van der Waals surface area (Å²) in [6.45, 7) is -0.925. The van der Waals surface area contributed by atoms with Gasteiger partial charge >= 0.3 is 0 Å². The predicted molar refractivity (Wildman–Crippen MR) is 135 cm³/mol. The van der Waals surface area contributed by atoms with Gasteiger partial charge in [0, 0.05) is 18.1 Å². The topological polar surface area (TPSA) is 188 Å². The number of benzene rings is 2. The van der Waals surface area contributed by atoms with Gasteiger partial charge in [0.2, 0.25) is 5.75 Å². The van der Waals surface area contributed by atoms with Crippen LogP contribution < -0.4 is 14.2 Å². The zero-order valence-corrected chi connectivity index (χ0v) is 21.9. The summed E-state index contributed by atoms with van der Waals surface area (Å²) in [5.74, 6) is -1.08. The van der Waals surface area contributed by atoms with Crippen LogP contribution in [0.3, 0.4) is 0 Å². The Morgan fingerprint density at radius 2 is 1.59 bits per heavy atom. The van der Waals surface area contributed by atoms with Crippen LogP contribution in [-0.2, 0) is 15.9 Å². The molecule has 0 radical (unpaired) electrons. The summed E-state index contributed by atoms with van der Waals surface area (Å²) in [5.41, 5.74) is 2.06. The number of methoxy groups -OCH3 is 3. The van der Waals surface area contributed by atoms with E-state index in [1.165, 1.54) is 27.4 Å². The number of aliphatic hydroxyl groups is 5. The summed E-state index contributed by atoms with van der Waals surface area (Å²) in [4.78, 5) is 0. The van der Waals surface area contributed by atoms with E-state index in [1.54, 1.807) is 18.2 Å². The minimum Gasteiger partial charge on any atom is -0.504 e. The van der Waals surface area contributed by atoms with E-state index in [9.17, 15) is 35.7 Å². The fraction of sp³-hybridized carbons (Fsp3) is 0.556. The maximum atomic E-state index is 10.9. The highest BCUT2D eigenvalue weighted by molar-refractivity contribution is 5.62.